The Morgan fingerprint density at radius 2 is 2.08 bits per heavy atom. The molecule has 26 heavy (non-hydrogen) atoms. The summed E-state index contributed by atoms with van der Waals surface area (Å²) in [4.78, 5) is 12.3. The van der Waals surface area contributed by atoms with Crippen LogP contribution in [0.25, 0.3) is 0 Å². The summed E-state index contributed by atoms with van der Waals surface area (Å²) >= 11 is 5.92. The molecule has 1 aliphatic heterocycles. The van der Waals surface area contributed by atoms with Crippen molar-refractivity contribution in [2.45, 2.75) is 26.0 Å². The highest BCUT2D eigenvalue weighted by Gasteiger charge is 2.32. The van der Waals surface area contributed by atoms with Gasteiger partial charge in [0, 0.05) is 11.6 Å². The first-order valence-electron chi connectivity index (χ1n) is 7.91. The molecule has 2 aromatic carbocycles. The Balaban J connectivity index is 1.79. The molecule has 1 unspecified atom stereocenters. The van der Waals surface area contributed by atoms with Crippen LogP contribution in [-0.4, -0.2) is 26.7 Å². The molecule has 5 nitrogen and oxygen atoms in total. The second-order valence-corrected chi connectivity index (χ2v) is 8.50. The SMILES string of the molecule is CC1Cc2cc(C(=O)OCc3c(F)cccc3Cl)ccc2N1S(C)(=O)=O. The lowest BCUT2D eigenvalue weighted by Crippen LogP contribution is -2.34. The van der Waals surface area contributed by atoms with Crippen molar-refractivity contribution in [2.75, 3.05) is 10.6 Å². The predicted octanol–water partition coefficient (Wildman–Crippen LogP) is 3.55. The average Bonchev–Trinajstić information content (AvgIpc) is 2.89. The zero-order chi connectivity index (χ0) is 19.1. The van der Waals surface area contributed by atoms with Crippen LogP contribution in [0.5, 0.6) is 0 Å². The van der Waals surface area contributed by atoms with Crippen LogP contribution in [0.15, 0.2) is 36.4 Å². The first-order valence-corrected chi connectivity index (χ1v) is 10.1. The van der Waals surface area contributed by atoms with Gasteiger partial charge in [0.25, 0.3) is 0 Å². The number of carbonyl (C=O) groups excluding carboxylic acids is 1. The number of sulfonamides is 1. The van der Waals surface area contributed by atoms with E-state index in [1.54, 1.807) is 19.1 Å². The van der Waals surface area contributed by atoms with E-state index in [-0.39, 0.29) is 28.8 Å². The summed E-state index contributed by atoms with van der Waals surface area (Å²) in [6, 6.07) is 8.71. The summed E-state index contributed by atoms with van der Waals surface area (Å²) in [5, 5.41) is 0.185. The lowest BCUT2D eigenvalue weighted by Gasteiger charge is -2.21. The van der Waals surface area contributed by atoms with Crippen molar-refractivity contribution in [1.29, 1.82) is 0 Å². The number of ether oxygens (including phenoxy) is 1. The van der Waals surface area contributed by atoms with Crippen LogP contribution in [-0.2, 0) is 27.8 Å². The van der Waals surface area contributed by atoms with Gasteiger partial charge in [-0.1, -0.05) is 17.7 Å². The highest BCUT2D eigenvalue weighted by Crippen LogP contribution is 2.34. The lowest BCUT2D eigenvalue weighted by atomic mass is 10.1. The third-order valence-electron chi connectivity index (χ3n) is 4.23. The number of esters is 1. The molecule has 0 saturated carbocycles. The maximum absolute atomic E-state index is 13.7. The zero-order valence-electron chi connectivity index (χ0n) is 14.2. The molecule has 0 N–H and O–H groups in total. The minimum atomic E-state index is -3.39. The Bertz CT molecular complexity index is 957. The zero-order valence-corrected chi connectivity index (χ0v) is 15.8. The minimum Gasteiger partial charge on any atom is -0.457 e. The first kappa shape index (κ1) is 18.7. The molecule has 8 heteroatoms. The normalized spacial score (nSPS) is 16.5. The van der Waals surface area contributed by atoms with E-state index in [1.807, 2.05) is 0 Å². The fourth-order valence-electron chi connectivity index (χ4n) is 3.13. The molecule has 0 aromatic heterocycles. The van der Waals surface area contributed by atoms with E-state index in [1.165, 1.54) is 28.6 Å². The van der Waals surface area contributed by atoms with E-state index in [2.05, 4.69) is 0 Å². The van der Waals surface area contributed by atoms with Gasteiger partial charge in [-0.05, 0) is 49.2 Å². The van der Waals surface area contributed by atoms with Gasteiger partial charge in [-0.2, -0.15) is 0 Å². The second kappa shape index (κ2) is 6.89. The fraction of sp³-hybridized carbons (Fsp3) is 0.278. The predicted molar refractivity (Wildman–Crippen MR) is 97.5 cm³/mol. The van der Waals surface area contributed by atoms with Crippen molar-refractivity contribution in [1.82, 2.24) is 0 Å². The van der Waals surface area contributed by atoms with Crippen LogP contribution < -0.4 is 4.31 Å². The molecule has 1 heterocycles. The number of fused-ring (bicyclic) bond motifs is 1. The molecule has 0 amide bonds. The molecule has 0 radical (unpaired) electrons. The van der Waals surface area contributed by atoms with Crippen molar-refractivity contribution < 1.29 is 22.3 Å². The average molecular weight is 398 g/mol. The molecule has 2 aromatic rings. The van der Waals surface area contributed by atoms with Gasteiger partial charge in [0.1, 0.15) is 12.4 Å². The minimum absolute atomic E-state index is 0.112. The summed E-state index contributed by atoms with van der Waals surface area (Å²) in [7, 11) is -3.39. The van der Waals surface area contributed by atoms with E-state index < -0.39 is 21.8 Å². The molecule has 3 rings (SSSR count). The number of nitrogens with zero attached hydrogens (tertiary/aromatic N) is 1. The topological polar surface area (TPSA) is 63.7 Å². The summed E-state index contributed by atoms with van der Waals surface area (Å²) in [5.41, 5.74) is 1.70. The molecule has 0 fully saturated rings. The van der Waals surface area contributed by atoms with E-state index in [4.69, 9.17) is 16.3 Å². The Hall–Kier alpha value is -2.12. The number of carbonyl (C=O) groups is 1. The molecule has 0 spiro atoms. The van der Waals surface area contributed by atoms with Gasteiger partial charge in [-0.15, -0.1) is 0 Å². The van der Waals surface area contributed by atoms with Crippen LogP contribution in [0.2, 0.25) is 5.02 Å². The van der Waals surface area contributed by atoms with Gasteiger partial charge >= 0.3 is 5.97 Å². The smallest absolute Gasteiger partial charge is 0.338 e. The number of anilines is 1. The van der Waals surface area contributed by atoms with Crippen LogP contribution in [0.1, 0.15) is 28.4 Å². The lowest BCUT2D eigenvalue weighted by molar-refractivity contribution is 0.0469. The van der Waals surface area contributed by atoms with Crippen molar-refractivity contribution in [3.05, 3.63) is 63.9 Å². The van der Waals surface area contributed by atoms with Gasteiger partial charge in [0.15, 0.2) is 0 Å². The summed E-state index contributed by atoms with van der Waals surface area (Å²) in [6.07, 6.45) is 1.65. The first-order chi connectivity index (χ1) is 12.2. The van der Waals surface area contributed by atoms with Crippen LogP contribution >= 0.6 is 11.6 Å². The summed E-state index contributed by atoms with van der Waals surface area (Å²) in [5.74, 6) is -1.17. The quantitative estimate of drug-likeness (QED) is 0.740. The maximum atomic E-state index is 13.7. The van der Waals surface area contributed by atoms with E-state index >= 15 is 0 Å². The molecule has 1 aliphatic rings. The standard InChI is InChI=1S/C18H17ClFNO4S/c1-11-8-13-9-12(6-7-17(13)21(11)26(2,23)24)18(22)25-10-14-15(19)4-3-5-16(14)20/h3-7,9,11H,8,10H2,1-2H3. The van der Waals surface area contributed by atoms with Crippen molar-refractivity contribution in [3.8, 4) is 0 Å². The van der Waals surface area contributed by atoms with Crippen LogP contribution in [0.3, 0.4) is 0 Å². The van der Waals surface area contributed by atoms with Gasteiger partial charge in [-0.25, -0.2) is 17.6 Å². The molecule has 0 saturated heterocycles. The van der Waals surface area contributed by atoms with Crippen LogP contribution in [0.4, 0.5) is 10.1 Å². The van der Waals surface area contributed by atoms with Gasteiger partial charge in [-0.3, -0.25) is 4.31 Å². The fourth-order valence-corrected chi connectivity index (χ4v) is 4.61. The number of hydrogen-bond donors (Lipinski definition) is 0. The molecule has 0 aliphatic carbocycles. The van der Waals surface area contributed by atoms with Crippen molar-refractivity contribution >= 4 is 33.3 Å². The maximum Gasteiger partial charge on any atom is 0.338 e. The highest BCUT2D eigenvalue weighted by molar-refractivity contribution is 7.92. The molecular formula is C18H17ClFNO4S. The molecule has 0 bridgehead atoms. The highest BCUT2D eigenvalue weighted by atomic mass is 35.5. The Kier molecular flexibility index (Phi) is 4.94. The van der Waals surface area contributed by atoms with Gasteiger partial charge in [0.2, 0.25) is 10.0 Å². The Morgan fingerprint density at radius 1 is 1.35 bits per heavy atom. The number of hydrogen-bond acceptors (Lipinski definition) is 4. The summed E-state index contributed by atoms with van der Waals surface area (Å²) < 4.78 is 44.1. The largest absolute Gasteiger partial charge is 0.457 e. The number of rotatable bonds is 4. The Labute approximate surface area is 156 Å². The second-order valence-electron chi connectivity index (χ2n) is 6.23. The third-order valence-corrected chi connectivity index (χ3v) is 5.86. The van der Waals surface area contributed by atoms with Gasteiger partial charge < -0.3 is 4.74 Å². The molecule has 138 valence electrons. The van der Waals surface area contributed by atoms with E-state index in [0.29, 0.717) is 12.1 Å². The molecule has 1 atom stereocenters. The number of halogens is 2. The Morgan fingerprint density at radius 3 is 2.73 bits per heavy atom. The molecular weight excluding hydrogens is 381 g/mol. The summed E-state index contributed by atoms with van der Waals surface area (Å²) in [6.45, 7) is 1.52. The third kappa shape index (κ3) is 3.54. The monoisotopic (exact) mass is 397 g/mol. The van der Waals surface area contributed by atoms with Crippen molar-refractivity contribution in [3.63, 3.8) is 0 Å². The van der Waals surface area contributed by atoms with E-state index in [0.717, 1.165) is 11.8 Å². The van der Waals surface area contributed by atoms with E-state index in [9.17, 15) is 17.6 Å². The van der Waals surface area contributed by atoms with Crippen LogP contribution in [0, 0.1) is 5.82 Å². The van der Waals surface area contributed by atoms with Gasteiger partial charge in [0.05, 0.1) is 22.5 Å². The number of benzene rings is 2. The van der Waals surface area contributed by atoms with Crippen molar-refractivity contribution in [2.24, 2.45) is 0 Å².